The molecule has 2 aromatic rings. The Balaban J connectivity index is 0.00000190. The second kappa shape index (κ2) is 12.4. The molecule has 0 amide bonds. The average Bonchev–Trinajstić information content (AvgIpc) is 2.70. The van der Waals surface area contributed by atoms with E-state index in [1.807, 2.05) is 64.1 Å². The van der Waals surface area contributed by atoms with Crippen molar-refractivity contribution >= 4 is 11.7 Å². The van der Waals surface area contributed by atoms with Crippen LogP contribution in [-0.2, 0) is 6.54 Å². The Kier molecular flexibility index (Phi) is 10.3. The van der Waals surface area contributed by atoms with E-state index in [2.05, 4.69) is 49.2 Å². The van der Waals surface area contributed by atoms with Crippen molar-refractivity contribution in [2.24, 2.45) is 15.7 Å². The first kappa shape index (κ1) is 23.1. The molecular formula is C25H33N3. The zero-order valence-corrected chi connectivity index (χ0v) is 18.0. The lowest BCUT2D eigenvalue weighted by Gasteiger charge is -2.08. The SMILES string of the molecule is C/C=C\C(=C/C)C(N)=NC(=NCc1ccccc1)c1cc(C)cc(C)c1.CC. The molecule has 0 aliphatic carbocycles. The molecule has 148 valence electrons. The van der Waals surface area contributed by atoms with Crippen molar-refractivity contribution in [3.05, 3.63) is 94.6 Å². The van der Waals surface area contributed by atoms with Crippen molar-refractivity contribution in [1.82, 2.24) is 0 Å². The van der Waals surface area contributed by atoms with Crippen molar-refractivity contribution in [2.75, 3.05) is 0 Å². The van der Waals surface area contributed by atoms with Gasteiger partial charge in [0.1, 0.15) is 5.84 Å². The summed E-state index contributed by atoms with van der Waals surface area (Å²) in [6.07, 6.45) is 5.86. The molecule has 2 rings (SSSR count). The van der Waals surface area contributed by atoms with Crippen LogP contribution in [0, 0.1) is 13.8 Å². The number of hydrogen-bond acceptors (Lipinski definition) is 1. The first-order chi connectivity index (χ1) is 13.5. The van der Waals surface area contributed by atoms with E-state index < -0.39 is 0 Å². The van der Waals surface area contributed by atoms with E-state index in [-0.39, 0.29) is 0 Å². The fourth-order valence-corrected chi connectivity index (χ4v) is 2.73. The molecule has 3 heteroatoms. The quantitative estimate of drug-likeness (QED) is 0.380. The van der Waals surface area contributed by atoms with Crippen molar-refractivity contribution in [1.29, 1.82) is 0 Å². The van der Waals surface area contributed by atoms with E-state index in [1.165, 1.54) is 11.1 Å². The number of aryl methyl sites for hydroxylation is 2. The van der Waals surface area contributed by atoms with Gasteiger partial charge in [0, 0.05) is 11.1 Å². The van der Waals surface area contributed by atoms with Crippen LogP contribution in [0.2, 0.25) is 0 Å². The standard InChI is InChI=1S/C23H27N3.C2H6/c1-5-10-20(6-2)22(24)26-23(21-14-17(3)13-18(4)15-21)25-16-19-11-8-7-9-12-19;1-2/h5-15H,16H2,1-4H3,(H2,24,25,26);1-2H3/b10-5-,20-6+;. The summed E-state index contributed by atoms with van der Waals surface area (Å²) in [4.78, 5) is 9.42. The van der Waals surface area contributed by atoms with Crippen molar-refractivity contribution < 1.29 is 0 Å². The van der Waals surface area contributed by atoms with Crippen LogP contribution in [0.4, 0.5) is 0 Å². The van der Waals surface area contributed by atoms with E-state index in [9.17, 15) is 0 Å². The third-order valence-electron chi connectivity index (χ3n) is 3.91. The van der Waals surface area contributed by atoms with Gasteiger partial charge in [0.25, 0.3) is 0 Å². The van der Waals surface area contributed by atoms with Gasteiger partial charge in [-0.2, -0.15) is 0 Å². The molecule has 28 heavy (non-hydrogen) atoms. The highest BCUT2D eigenvalue weighted by Crippen LogP contribution is 2.13. The summed E-state index contributed by atoms with van der Waals surface area (Å²) in [6.45, 7) is 12.6. The van der Waals surface area contributed by atoms with E-state index in [0.29, 0.717) is 18.2 Å². The zero-order valence-electron chi connectivity index (χ0n) is 18.0. The van der Waals surface area contributed by atoms with Crippen LogP contribution in [-0.4, -0.2) is 11.7 Å². The Morgan fingerprint density at radius 1 is 0.964 bits per heavy atom. The van der Waals surface area contributed by atoms with Crippen molar-refractivity contribution in [3.8, 4) is 0 Å². The number of benzene rings is 2. The minimum Gasteiger partial charge on any atom is -0.383 e. The van der Waals surface area contributed by atoms with E-state index in [4.69, 9.17) is 10.7 Å². The Morgan fingerprint density at radius 2 is 1.57 bits per heavy atom. The molecule has 0 aromatic heterocycles. The Bertz CT molecular complexity index is 836. The summed E-state index contributed by atoms with van der Waals surface area (Å²) in [5.41, 5.74) is 11.6. The number of nitrogens with zero attached hydrogens (tertiary/aromatic N) is 2. The number of amidine groups is 2. The first-order valence-electron chi connectivity index (χ1n) is 9.84. The normalized spacial score (nSPS) is 12.7. The number of rotatable bonds is 5. The Morgan fingerprint density at radius 3 is 2.11 bits per heavy atom. The fourth-order valence-electron chi connectivity index (χ4n) is 2.73. The zero-order chi connectivity index (χ0) is 20.9. The maximum absolute atomic E-state index is 6.25. The maximum atomic E-state index is 6.25. The maximum Gasteiger partial charge on any atom is 0.157 e. The molecular weight excluding hydrogens is 342 g/mol. The van der Waals surface area contributed by atoms with Gasteiger partial charge in [-0.3, -0.25) is 4.99 Å². The van der Waals surface area contributed by atoms with Gasteiger partial charge in [0.15, 0.2) is 5.84 Å². The van der Waals surface area contributed by atoms with Gasteiger partial charge in [0.05, 0.1) is 6.54 Å². The average molecular weight is 376 g/mol. The molecule has 2 N–H and O–H groups in total. The molecule has 0 fully saturated rings. The lowest BCUT2D eigenvalue weighted by atomic mass is 10.1. The highest BCUT2D eigenvalue weighted by molar-refractivity contribution is 6.11. The van der Waals surface area contributed by atoms with Crippen LogP contribution in [0.15, 0.2) is 82.3 Å². The number of aliphatic imine (C=N–C) groups is 2. The molecule has 0 aliphatic heterocycles. The largest absolute Gasteiger partial charge is 0.383 e. The molecule has 0 heterocycles. The van der Waals surface area contributed by atoms with Gasteiger partial charge in [-0.05, 0) is 45.4 Å². The van der Waals surface area contributed by atoms with Crippen LogP contribution >= 0.6 is 0 Å². The number of hydrogen-bond donors (Lipinski definition) is 1. The topological polar surface area (TPSA) is 50.7 Å². The summed E-state index contributed by atoms with van der Waals surface area (Å²) >= 11 is 0. The third kappa shape index (κ3) is 7.36. The van der Waals surface area contributed by atoms with Crippen molar-refractivity contribution in [3.63, 3.8) is 0 Å². The summed E-state index contributed by atoms with van der Waals surface area (Å²) in [5.74, 6) is 1.12. The Labute approximate surface area is 170 Å². The molecule has 0 radical (unpaired) electrons. The summed E-state index contributed by atoms with van der Waals surface area (Å²) in [6, 6.07) is 16.5. The summed E-state index contributed by atoms with van der Waals surface area (Å²) in [5, 5.41) is 0. The Hall–Kier alpha value is -2.94. The fraction of sp³-hybridized carbons (Fsp3) is 0.280. The smallest absolute Gasteiger partial charge is 0.157 e. The van der Waals surface area contributed by atoms with Gasteiger partial charge < -0.3 is 5.73 Å². The van der Waals surface area contributed by atoms with Gasteiger partial charge in [0.2, 0.25) is 0 Å². The van der Waals surface area contributed by atoms with Crippen molar-refractivity contribution in [2.45, 2.75) is 48.1 Å². The van der Waals surface area contributed by atoms with Crippen LogP contribution in [0.25, 0.3) is 0 Å². The summed E-state index contributed by atoms with van der Waals surface area (Å²) in [7, 11) is 0. The van der Waals surface area contributed by atoms with E-state index >= 15 is 0 Å². The van der Waals surface area contributed by atoms with Gasteiger partial charge in [-0.25, -0.2) is 4.99 Å². The minimum atomic E-state index is 0.469. The molecule has 0 bridgehead atoms. The highest BCUT2D eigenvalue weighted by atomic mass is 15.0. The van der Waals surface area contributed by atoms with E-state index in [1.54, 1.807) is 0 Å². The van der Waals surface area contributed by atoms with E-state index in [0.717, 1.165) is 16.7 Å². The molecule has 0 spiro atoms. The monoisotopic (exact) mass is 375 g/mol. The second-order valence-corrected chi connectivity index (χ2v) is 6.24. The molecule has 0 atom stereocenters. The molecule has 0 saturated carbocycles. The third-order valence-corrected chi connectivity index (χ3v) is 3.91. The lowest BCUT2D eigenvalue weighted by Crippen LogP contribution is -2.17. The van der Waals surface area contributed by atoms with Crippen LogP contribution < -0.4 is 5.73 Å². The summed E-state index contributed by atoms with van der Waals surface area (Å²) < 4.78 is 0. The van der Waals surface area contributed by atoms with Crippen LogP contribution in [0.5, 0.6) is 0 Å². The van der Waals surface area contributed by atoms with Gasteiger partial charge in [-0.15, -0.1) is 0 Å². The highest BCUT2D eigenvalue weighted by Gasteiger charge is 2.07. The predicted octanol–water partition coefficient (Wildman–Crippen LogP) is 6.16. The predicted molar refractivity (Wildman–Crippen MR) is 124 cm³/mol. The van der Waals surface area contributed by atoms with Crippen LogP contribution in [0.1, 0.15) is 49.9 Å². The molecule has 0 saturated heterocycles. The lowest BCUT2D eigenvalue weighted by molar-refractivity contribution is 1.06. The molecule has 3 nitrogen and oxygen atoms in total. The van der Waals surface area contributed by atoms with Gasteiger partial charge >= 0.3 is 0 Å². The minimum absolute atomic E-state index is 0.469. The molecule has 0 aliphatic rings. The first-order valence-corrected chi connectivity index (χ1v) is 9.84. The second-order valence-electron chi connectivity index (χ2n) is 6.24. The number of nitrogens with two attached hydrogens (primary N) is 1. The van der Waals surface area contributed by atoms with Crippen LogP contribution in [0.3, 0.4) is 0 Å². The van der Waals surface area contributed by atoms with Gasteiger partial charge in [-0.1, -0.05) is 79.6 Å². The molecule has 0 unspecified atom stereocenters. The number of allylic oxidation sites excluding steroid dienone is 2. The molecule has 2 aromatic carbocycles.